The molecule has 0 heterocycles. The van der Waals surface area contributed by atoms with Crippen molar-refractivity contribution in [1.29, 1.82) is 0 Å². The quantitative estimate of drug-likeness (QED) is 0.446. The molecule has 138 valence electrons. The predicted molar refractivity (Wildman–Crippen MR) is 112 cm³/mol. The summed E-state index contributed by atoms with van der Waals surface area (Å²) in [5.74, 6) is -1.73. The first-order chi connectivity index (χ1) is 13.6. The van der Waals surface area contributed by atoms with Gasteiger partial charge in [-0.1, -0.05) is 97.6 Å². The van der Waals surface area contributed by atoms with E-state index >= 15 is 0 Å². The van der Waals surface area contributed by atoms with Crippen LogP contribution in [0.4, 0.5) is 0 Å². The van der Waals surface area contributed by atoms with Crippen molar-refractivity contribution >= 4 is 23.9 Å². The highest BCUT2D eigenvalue weighted by Crippen LogP contribution is 2.26. The summed E-state index contributed by atoms with van der Waals surface area (Å²) in [7, 11) is 0. The topological polar surface area (TPSA) is 54.4 Å². The Labute approximate surface area is 164 Å². The minimum atomic E-state index is -0.908. The first-order valence-electron chi connectivity index (χ1n) is 8.91. The Morgan fingerprint density at radius 3 is 1.82 bits per heavy atom. The molecule has 3 nitrogen and oxygen atoms in total. The maximum atomic E-state index is 12.1. The molecular weight excluding hydrogens is 348 g/mol. The van der Waals surface area contributed by atoms with E-state index in [4.69, 9.17) is 0 Å². The number of carbonyl (C=O) groups excluding carboxylic acids is 1. The third kappa shape index (κ3) is 4.51. The van der Waals surface area contributed by atoms with Crippen LogP contribution in [0.15, 0.2) is 91.5 Å². The first kappa shape index (κ1) is 19.1. The molecule has 3 heteroatoms. The molecule has 0 amide bonds. The number of benzene rings is 3. The number of aliphatic carboxylic acids is 1. The molecule has 0 spiro atoms. The third-order valence-corrected chi connectivity index (χ3v) is 4.51. The zero-order valence-electron chi connectivity index (χ0n) is 15.3. The lowest BCUT2D eigenvalue weighted by Gasteiger charge is -2.14. The van der Waals surface area contributed by atoms with Gasteiger partial charge in [0.25, 0.3) is 0 Å². The summed E-state index contributed by atoms with van der Waals surface area (Å²) in [4.78, 5) is 24.0. The Morgan fingerprint density at radius 1 is 0.786 bits per heavy atom. The van der Waals surface area contributed by atoms with Crippen LogP contribution in [-0.4, -0.2) is 16.9 Å². The monoisotopic (exact) mass is 368 g/mol. The molecule has 0 saturated heterocycles. The second-order valence-electron chi connectivity index (χ2n) is 6.37. The van der Waals surface area contributed by atoms with Gasteiger partial charge in [-0.3, -0.25) is 9.59 Å². The number of carboxylic acids is 1. The summed E-state index contributed by atoms with van der Waals surface area (Å²) in [6.45, 7) is 3.71. The van der Waals surface area contributed by atoms with Crippen LogP contribution in [0.2, 0.25) is 0 Å². The summed E-state index contributed by atoms with van der Waals surface area (Å²) in [6, 6.07) is 23.6. The van der Waals surface area contributed by atoms with Gasteiger partial charge in [0.05, 0.1) is 0 Å². The normalized spacial score (nSPS) is 11.9. The Hall–Kier alpha value is -3.72. The zero-order chi connectivity index (χ0) is 19.9. The Balaban J connectivity index is 1.79. The fraction of sp³-hybridized carbons (Fsp3) is 0.0400. The van der Waals surface area contributed by atoms with Crippen LogP contribution < -0.4 is 0 Å². The van der Waals surface area contributed by atoms with Crippen LogP contribution in [0.3, 0.4) is 0 Å². The number of hydrogen-bond acceptors (Lipinski definition) is 2. The average Bonchev–Trinajstić information content (AvgIpc) is 2.74. The van der Waals surface area contributed by atoms with Crippen molar-refractivity contribution in [2.24, 2.45) is 0 Å². The molecule has 28 heavy (non-hydrogen) atoms. The van der Waals surface area contributed by atoms with Gasteiger partial charge in [-0.25, -0.2) is 0 Å². The molecule has 3 aromatic rings. The van der Waals surface area contributed by atoms with Gasteiger partial charge in [-0.05, 0) is 28.3 Å². The fourth-order valence-corrected chi connectivity index (χ4v) is 2.97. The van der Waals surface area contributed by atoms with Gasteiger partial charge in [0.15, 0.2) is 5.78 Å². The molecule has 1 unspecified atom stereocenters. The summed E-state index contributed by atoms with van der Waals surface area (Å²) in [6.07, 6.45) is 4.97. The largest absolute Gasteiger partial charge is 0.481 e. The van der Waals surface area contributed by atoms with Crippen molar-refractivity contribution in [3.05, 3.63) is 119 Å². The van der Waals surface area contributed by atoms with E-state index in [-0.39, 0.29) is 5.78 Å². The van der Waals surface area contributed by atoms with E-state index in [2.05, 4.69) is 6.58 Å². The van der Waals surface area contributed by atoms with E-state index in [1.165, 1.54) is 6.08 Å². The van der Waals surface area contributed by atoms with Gasteiger partial charge >= 0.3 is 5.97 Å². The molecule has 0 aliphatic rings. The molecule has 0 aliphatic heterocycles. The van der Waals surface area contributed by atoms with E-state index in [1.54, 1.807) is 36.4 Å². The van der Waals surface area contributed by atoms with Gasteiger partial charge in [-0.15, -0.1) is 0 Å². The van der Waals surface area contributed by atoms with Crippen LogP contribution in [-0.2, 0) is 4.79 Å². The maximum Gasteiger partial charge on any atom is 0.315 e. The van der Waals surface area contributed by atoms with E-state index in [0.29, 0.717) is 16.7 Å². The highest BCUT2D eigenvalue weighted by Gasteiger charge is 2.21. The van der Waals surface area contributed by atoms with Gasteiger partial charge < -0.3 is 5.11 Å². The molecule has 3 aromatic carbocycles. The molecule has 0 radical (unpaired) electrons. The van der Waals surface area contributed by atoms with Gasteiger partial charge in [0.2, 0.25) is 0 Å². The Kier molecular flexibility index (Phi) is 5.97. The molecule has 0 bridgehead atoms. The Morgan fingerprint density at radius 2 is 1.32 bits per heavy atom. The maximum absolute atomic E-state index is 12.1. The smallest absolute Gasteiger partial charge is 0.315 e. The van der Waals surface area contributed by atoms with Crippen molar-refractivity contribution in [2.45, 2.75) is 5.92 Å². The van der Waals surface area contributed by atoms with Crippen molar-refractivity contribution in [1.82, 2.24) is 0 Å². The summed E-state index contributed by atoms with van der Waals surface area (Å²) in [5, 5.41) is 9.70. The van der Waals surface area contributed by atoms with Crippen molar-refractivity contribution in [3.8, 4) is 0 Å². The summed E-state index contributed by atoms with van der Waals surface area (Å²) in [5.41, 5.74) is 3.80. The van der Waals surface area contributed by atoms with E-state index in [0.717, 1.165) is 11.1 Å². The lowest BCUT2D eigenvalue weighted by atomic mass is 9.90. The van der Waals surface area contributed by atoms with E-state index in [9.17, 15) is 14.7 Å². The Bertz CT molecular complexity index is 998. The van der Waals surface area contributed by atoms with Gasteiger partial charge in [0.1, 0.15) is 5.92 Å². The fourth-order valence-electron chi connectivity index (χ4n) is 2.97. The average molecular weight is 368 g/mol. The number of ketones is 1. The van der Waals surface area contributed by atoms with Crippen LogP contribution in [0.1, 0.15) is 38.5 Å². The van der Waals surface area contributed by atoms with E-state index in [1.807, 2.05) is 54.6 Å². The van der Waals surface area contributed by atoms with E-state index < -0.39 is 11.9 Å². The van der Waals surface area contributed by atoms with Crippen LogP contribution >= 0.6 is 0 Å². The first-order valence-corrected chi connectivity index (χ1v) is 8.91. The highest BCUT2D eigenvalue weighted by atomic mass is 16.4. The van der Waals surface area contributed by atoms with Crippen LogP contribution in [0.5, 0.6) is 0 Å². The van der Waals surface area contributed by atoms with Crippen LogP contribution in [0, 0.1) is 0 Å². The SMILES string of the molecule is C=Cc1ccc(C(C(=O)O)c2ccc(C=CC(=O)c3ccccc3)cc2)cc1. The van der Waals surface area contributed by atoms with Crippen molar-refractivity contribution in [2.75, 3.05) is 0 Å². The number of allylic oxidation sites excluding steroid dienone is 1. The highest BCUT2D eigenvalue weighted by molar-refractivity contribution is 6.06. The molecule has 1 atom stereocenters. The molecule has 0 fully saturated rings. The minimum absolute atomic E-state index is 0.0737. The van der Waals surface area contributed by atoms with Gasteiger partial charge in [-0.2, -0.15) is 0 Å². The summed E-state index contributed by atoms with van der Waals surface area (Å²) < 4.78 is 0. The summed E-state index contributed by atoms with van der Waals surface area (Å²) >= 11 is 0. The van der Waals surface area contributed by atoms with Gasteiger partial charge in [0, 0.05) is 5.56 Å². The van der Waals surface area contributed by atoms with Crippen molar-refractivity contribution in [3.63, 3.8) is 0 Å². The lowest BCUT2D eigenvalue weighted by molar-refractivity contribution is -0.137. The predicted octanol–water partition coefficient (Wildman–Crippen LogP) is 5.44. The molecule has 3 rings (SSSR count). The number of carboxylic acid groups (broad SMARTS) is 1. The number of rotatable bonds is 7. The minimum Gasteiger partial charge on any atom is -0.481 e. The molecule has 1 N–H and O–H groups in total. The lowest BCUT2D eigenvalue weighted by Crippen LogP contribution is -2.13. The third-order valence-electron chi connectivity index (χ3n) is 4.51. The second-order valence-corrected chi connectivity index (χ2v) is 6.37. The number of carbonyl (C=O) groups is 2. The van der Waals surface area contributed by atoms with Crippen LogP contribution in [0.25, 0.3) is 12.2 Å². The second kappa shape index (κ2) is 8.78. The standard InChI is InChI=1S/C25H20O3/c1-2-18-8-13-21(14-9-18)24(25(27)28)22-15-10-19(11-16-22)12-17-23(26)20-6-4-3-5-7-20/h2-17,24H,1H2,(H,27,28). The van der Waals surface area contributed by atoms with Crippen molar-refractivity contribution < 1.29 is 14.7 Å². The molecular formula is C25H20O3. The zero-order valence-corrected chi connectivity index (χ0v) is 15.3. The molecule has 0 aliphatic carbocycles. The molecule has 0 aromatic heterocycles. The number of hydrogen-bond donors (Lipinski definition) is 1. The molecule has 0 saturated carbocycles.